The lowest BCUT2D eigenvalue weighted by molar-refractivity contribution is 0.144. The molecule has 1 aliphatic rings. The van der Waals surface area contributed by atoms with Crippen molar-refractivity contribution < 1.29 is 8.78 Å². The van der Waals surface area contributed by atoms with Gasteiger partial charge in [-0.15, -0.1) is 0 Å². The van der Waals surface area contributed by atoms with Crippen molar-refractivity contribution in [2.24, 2.45) is 0 Å². The summed E-state index contributed by atoms with van der Waals surface area (Å²) in [6, 6.07) is 2.83. The van der Waals surface area contributed by atoms with E-state index in [4.69, 9.17) is 0 Å². The highest BCUT2D eigenvalue weighted by Gasteiger charge is 2.15. The molecule has 8 heteroatoms. The predicted molar refractivity (Wildman–Crippen MR) is 93.2 cm³/mol. The van der Waals surface area contributed by atoms with Crippen LogP contribution in [-0.4, -0.2) is 52.7 Å². The Bertz CT molecular complexity index is 775. The number of aromatic nitrogens is 3. The average Bonchev–Trinajstić information content (AvgIpc) is 2.84. The fraction of sp³-hybridized carbons (Fsp3) is 0.412. The molecule has 1 aliphatic heterocycles. The number of imidazole rings is 1. The number of fused-ring (bicyclic) bond motifs is 1. The summed E-state index contributed by atoms with van der Waals surface area (Å²) in [4.78, 5) is 6.46. The van der Waals surface area contributed by atoms with Crippen LogP contribution in [0.25, 0.3) is 11.2 Å². The van der Waals surface area contributed by atoms with Crippen LogP contribution in [-0.2, 0) is 0 Å². The van der Waals surface area contributed by atoms with Crippen LogP contribution >= 0.6 is 0 Å². The highest BCUT2D eigenvalue weighted by molar-refractivity contribution is 5.71. The van der Waals surface area contributed by atoms with Gasteiger partial charge in [0.15, 0.2) is 5.65 Å². The third-order valence-corrected chi connectivity index (χ3v) is 4.18. The van der Waals surface area contributed by atoms with Gasteiger partial charge in [0.1, 0.15) is 11.5 Å². The molecule has 0 unspecified atom stereocenters. The molecular weight excluding hydrogens is 326 g/mol. The summed E-state index contributed by atoms with van der Waals surface area (Å²) in [5.74, 6) is 0.939. The van der Waals surface area contributed by atoms with E-state index in [0.29, 0.717) is 16.9 Å². The van der Waals surface area contributed by atoms with Crippen molar-refractivity contribution in [1.82, 2.24) is 30.1 Å². The minimum Gasteiger partial charge on any atom is -0.375 e. The molecule has 2 aromatic rings. The molecule has 0 amide bonds. The Kier molecular flexibility index (Phi) is 5.28. The molecule has 134 valence electrons. The quantitative estimate of drug-likeness (QED) is 0.810. The first-order valence-corrected chi connectivity index (χ1v) is 8.27. The van der Waals surface area contributed by atoms with Crippen molar-refractivity contribution >= 4 is 11.2 Å². The first kappa shape index (κ1) is 17.3. The fourth-order valence-electron chi connectivity index (χ4n) is 2.87. The van der Waals surface area contributed by atoms with Crippen LogP contribution in [0.4, 0.5) is 8.78 Å². The summed E-state index contributed by atoms with van der Waals surface area (Å²) in [6.45, 7) is 7.83. The summed E-state index contributed by atoms with van der Waals surface area (Å²) in [6.07, 6.45) is 1.94. The van der Waals surface area contributed by atoms with Crippen LogP contribution in [0.1, 0.15) is 24.2 Å². The van der Waals surface area contributed by atoms with Crippen LogP contribution in [0.3, 0.4) is 0 Å². The van der Waals surface area contributed by atoms with Crippen molar-refractivity contribution in [1.29, 1.82) is 0 Å². The zero-order chi connectivity index (χ0) is 17.8. The number of halogens is 2. The monoisotopic (exact) mass is 348 g/mol. The van der Waals surface area contributed by atoms with Gasteiger partial charge in [-0.25, -0.2) is 18.3 Å². The minimum absolute atomic E-state index is 0.282. The second-order valence-corrected chi connectivity index (χ2v) is 5.87. The molecule has 0 spiro atoms. The summed E-state index contributed by atoms with van der Waals surface area (Å²) in [7, 11) is 1.86. The topological polar surface area (TPSA) is 57.5 Å². The van der Waals surface area contributed by atoms with Crippen LogP contribution < -0.4 is 10.6 Å². The average molecular weight is 348 g/mol. The molecule has 25 heavy (non-hydrogen) atoms. The van der Waals surface area contributed by atoms with Gasteiger partial charge >= 0.3 is 0 Å². The molecule has 0 bridgehead atoms. The lowest BCUT2D eigenvalue weighted by atomic mass is 10.2. The van der Waals surface area contributed by atoms with Crippen molar-refractivity contribution in [3.8, 4) is 0 Å². The standard InChI is InChI=1S/C17H22F2N6/c1-12(10-16(20-2)24-8-3-6-21-7-9-24)14-11-22-15-5-4-13(17(18)19)23-25(14)15/h4-5,10-11,17,20-21H,1,3,6-9H2,2H3/b16-10+. The van der Waals surface area contributed by atoms with E-state index < -0.39 is 6.43 Å². The number of hydrogen-bond donors (Lipinski definition) is 2. The van der Waals surface area contributed by atoms with Crippen molar-refractivity contribution in [3.05, 3.63) is 48.2 Å². The second kappa shape index (κ2) is 7.60. The van der Waals surface area contributed by atoms with E-state index >= 15 is 0 Å². The molecule has 1 saturated heterocycles. The van der Waals surface area contributed by atoms with E-state index in [-0.39, 0.29) is 5.69 Å². The maximum Gasteiger partial charge on any atom is 0.282 e. The molecular formula is C17H22F2N6. The Balaban J connectivity index is 1.90. The Morgan fingerprint density at radius 1 is 1.36 bits per heavy atom. The Morgan fingerprint density at radius 2 is 2.20 bits per heavy atom. The molecule has 1 fully saturated rings. The molecule has 0 atom stereocenters. The molecule has 3 heterocycles. The van der Waals surface area contributed by atoms with Gasteiger partial charge in [-0.2, -0.15) is 5.10 Å². The Hall–Kier alpha value is -2.48. The number of rotatable bonds is 5. The van der Waals surface area contributed by atoms with Gasteiger partial charge in [-0.1, -0.05) is 6.58 Å². The van der Waals surface area contributed by atoms with Gasteiger partial charge in [-0.05, 0) is 36.7 Å². The second-order valence-electron chi connectivity index (χ2n) is 5.87. The van der Waals surface area contributed by atoms with Crippen molar-refractivity contribution in [2.75, 3.05) is 33.2 Å². The van der Waals surface area contributed by atoms with E-state index in [1.165, 1.54) is 16.6 Å². The lowest BCUT2D eigenvalue weighted by Gasteiger charge is -2.25. The number of hydrogen-bond acceptors (Lipinski definition) is 5. The predicted octanol–water partition coefficient (Wildman–Crippen LogP) is 2.04. The zero-order valence-electron chi connectivity index (χ0n) is 14.2. The molecule has 6 nitrogen and oxygen atoms in total. The minimum atomic E-state index is -2.62. The van der Waals surface area contributed by atoms with Gasteiger partial charge in [0.25, 0.3) is 6.43 Å². The van der Waals surface area contributed by atoms with Gasteiger partial charge in [0.2, 0.25) is 0 Å². The van der Waals surface area contributed by atoms with E-state index in [0.717, 1.165) is 38.4 Å². The van der Waals surface area contributed by atoms with Gasteiger partial charge in [0.05, 0.1) is 11.9 Å². The lowest BCUT2D eigenvalue weighted by Crippen LogP contribution is -2.33. The van der Waals surface area contributed by atoms with E-state index in [2.05, 4.69) is 32.2 Å². The number of allylic oxidation sites excluding steroid dienone is 2. The summed E-state index contributed by atoms with van der Waals surface area (Å²) < 4.78 is 27.3. The van der Waals surface area contributed by atoms with Crippen LogP contribution in [0.2, 0.25) is 0 Å². The number of nitrogens with zero attached hydrogens (tertiary/aromatic N) is 4. The van der Waals surface area contributed by atoms with Crippen LogP contribution in [0.15, 0.2) is 36.8 Å². The molecule has 0 aromatic carbocycles. The molecule has 0 radical (unpaired) electrons. The maximum absolute atomic E-state index is 12.9. The Morgan fingerprint density at radius 3 is 2.96 bits per heavy atom. The number of nitrogens with one attached hydrogen (secondary N) is 2. The third-order valence-electron chi connectivity index (χ3n) is 4.18. The Labute approximate surface area is 145 Å². The van der Waals surface area contributed by atoms with Crippen molar-refractivity contribution in [3.63, 3.8) is 0 Å². The van der Waals surface area contributed by atoms with Crippen molar-refractivity contribution in [2.45, 2.75) is 12.8 Å². The van der Waals surface area contributed by atoms with E-state index in [1.54, 1.807) is 6.20 Å². The van der Waals surface area contributed by atoms with Gasteiger partial charge in [-0.3, -0.25) is 0 Å². The van der Waals surface area contributed by atoms with Crippen LogP contribution in [0.5, 0.6) is 0 Å². The molecule has 3 rings (SSSR count). The third kappa shape index (κ3) is 3.79. The zero-order valence-corrected chi connectivity index (χ0v) is 14.2. The fourth-order valence-corrected chi connectivity index (χ4v) is 2.87. The molecule has 2 N–H and O–H groups in total. The summed E-state index contributed by atoms with van der Waals surface area (Å²) in [5, 5.41) is 10.5. The largest absolute Gasteiger partial charge is 0.375 e. The van der Waals surface area contributed by atoms with E-state index in [1.807, 2.05) is 13.1 Å². The normalized spacial score (nSPS) is 16.3. The highest BCUT2D eigenvalue weighted by Crippen LogP contribution is 2.21. The SMILES string of the molecule is C=C(/C=C(\NC)N1CCCNCC1)c1cnc2ccc(C(F)F)nn12. The summed E-state index contributed by atoms with van der Waals surface area (Å²) >= 11 is 0. The van der Waals surface area contributed by atoms with Gasteiger partial charge < -0.3 is 15.5 Å². The smallest absolute Gasteiger partial charge is 0.282 e. The maximum atomic E-state index is 12.9. The molecule has 0 saturated carbocycles. The highest BCUT2D eigenvalue weighted by atomic mass is 19.3. The number of alkyl halides is 2. The van der Waals surface area contributed by atoms with E-state index in [9.17, 15) is 8.78 Å². The summed E-state index contributed by atoms with van der Waals surface area (Å²) in [5.41, 5.74) is 1.49. The molecule has 0 aliphatic carbocycles. The first-order chi connectivity index (χ1) is 12.1. The first-order valence-electron chi connectivity index (χ1n) is 8.27. The molecule has 2 aromatic heterocycles. The van der Waals surface area contributed by atoms with Gasteiger partial charge in [0, 0.05) is 26.7 Å². The van der Waals surface area contributed by atoms with Crippen LogP contribution in [0, 0.1) is 0 Å².